The molecule has 1 fully saturated rings. The van der Waals surface area contributed by atoms with E-state index in [2.05, 4.69) is 10.3 Å². The van der Waals surface area contributed by atoms with Gasteiger partial charge in [-0.3, -0.25) is 14.4 Å². The van der Waals surface area contributed by atoms with Crippen LogP contribution >= 0.6 is 11.6 Å². The average Bonchev–Trinajstić information content (AvgIpc) is 2.92. The Labute approximate surface area is 231 Å². The third kappa shape index (κ3) is 6.21. The molecule has 2 aromatic heterocycles. The van der Waals surface area contributed by atoms with Gasteiger partial charge in [-0.25, -0.2) is 4.98 Å². The molecule has 10 heteroatoms. The van der Waals surface area contributed by atoms with Crippen molar-refractivity contribution in [2.75, 3.05) is 11.9 Å². The molecule has 5 rings (SSSR count). The number of nitrogens with two attached hydrogens (primary N) is 1. The van der Waals surface area contributed by atoms with E-state index in [0.717, 1.165) is 41.5 Å². The summed E-state index contributed by atoms with van der Waals surface area (Å²) in [6.45, 7) is 2.92. The summed E-state index contributed by atoms with van der Waals surface area (Å²) in [7, 11) is 0. The Balaban J connectivity index is 1.53. The first-order valence-corrected chi connectivity index (χ1v) is 13.5. The molecule has 3 aromatic rings. The minimum absolute atomic E-state index is 0.0379. The van der Waals surface area contributed by atoms with Crippen LogP contribution in [-0.4, -0.2) is 40.2 Å². The average molecular weight is 551 g/mol. The van der Waals surface area contributed by atoms with Gasteiger partial charge in [0.2, 0.25) is 5.91 Å². The largest absolute Gasteiger partial charge is 0.378 e. The lowest BCUT2D eigenvalue weighted by Crippen LogP contribution is -2.37. The van der Waals surface area contributed by atoms with Crippen LogP contribution in [0.1, 0.15) is 60.3 Å². The zero-order valence-electron chi connectivity index (χ0n) is 21.7. The first-order valence-electron chi connectivity index (χ1n) is 13.1. The summed E-state index contributed by atoms with van der Waals surface area (Å²) >= 11 is 6.34. The maximum absolute atomic E-state index is 13.6. The SMILES string of the molecule is CC1Cc2ccc(Cl)cc2-c2cc(=O)n(C(CC3CCCCO3)C(=O)Nc3ccc(C(N)=O)nc3)cc2CO1. The lowest BCUT2D eigenvalue weighted by molar-refractivity contribution is -0.121. The maximum atomic E-state index is 13.6. The minimum Gasteiger partial charge on any atom is -0.378 e. The van der Waals surface area contributed by atoms with Gasteiger partial charge < -0.3 is 25.1 Å². The lowest BCUT2D eigenvalue weighted by atomic mass is 9.92. The molecule has 3 atom stereocenters. The van der Waals surface area contributed by atoms with Gasteiger partial charge in [0.25, 0.3) is 11.5 Å². The number of nitrogens with one attached hydrogen (secondary N) is 1. The van der Waals surface area contributed by atoms with Gasteiger partial charge >= 0.3 is 0 Å². The highest BCUT2D eigenvalue weighted by Crippen LogP contribution is 2.33. The van der Waals surface area contributed by atoms with Crippen molar-refractivity contribution >= 4 is 29.1 Å². The van der Waals surface area contributed by atoms with Crippen molar-refractivity contribution in [3.63, 3.8) is 0 Å². The summed E-state index contributed by atoms with van der Waals surface area (Å²) in [5, 5.41) is 3.42. The molecular formula is C29H31ClN4O5. The smallest absolute Gasteiger partial charge is 0.267 e. The van der Waals surface area contributed by atoms with Crippen LogP contribution in [0.15, 0.2) is 53.6 Å². The zero-order valence-corrected chi connectivity index (χ0v) is 22.4. The third-order valence-corrected chi connectivity index (χ3v) is 7.47. The number of hydrogen-bond acceptors (Lipinski definition) is 6. The van der Waals surface area contributed by atoms with Crippen LogP contribution in [-0.2, 0) is 27.3 Å². The number of fused-ring (bicyclic) bond motifs is 3. The number of aromatic nitrogens is 2. The molecule has 9 nitrogen and oxygen atoms in total. The number of primary amides is 1. The molecule has 0 spiro atoms. The third-order valence-electron chi connectivity index (χ3n) is 7.24. The summed E-state index contributed by atoms with van der Waals surface area (Å²) in [6, 6.07) is 9.39. The van der Waals surface area contributed by atoms with Gasteiger partial charge in [-0.2, -0.15) is 0 Å². The summed E-state index contributed by atoms with van der Waals surface area (Å²) in [6.07, 6.45) is 6.71. The van der Waals surface area contributed by atoms with Crippen molar-refractivity contribution in [1.82, 2.24) is 9.55 Å². The molecule has 2 aliphatic heterocycles. The van der Waals surface area contributed by atoms with Crippen LogP contribution in [0.3, 0.4) is 0 Å². The molecule has 2 aliphatic rings. The van der Waals surface area contributed by atoms with Crippen molar-refractivity contribution in [3.8, 4) is 11.1 Å². The highest BCUT2D eigenvalue weighted by Gasteiger charge is 2.29. The number of nitrogens with zero attached hydrogens (tertiary/aromatic N) is 2. The number of pyridine rings is 2. The fraction of sp³-hybridized carbons (Fsp3) is 0.379. The molecule has 0 aliphatic carbocycles. The number of amides is 2. The van der Waals surface area contributed by atoms with E-state index in [9.17, 15) is 14.4 Å². The molecule has 0 radical (unpaired) electrons. The first kappa shape index (κ1) is 27.1. The van der Waals surface area contributed by atoms with Crippen molar-refractivity contribution in [3.05, 3.63) is 81.0 Å². The predicted octanol–water partition coefficient (Wildman–Crippen LogP) is 4.26. The van der Waals surface area contributed by atoms with Gasteiger partial charge in [0, 0.05) is 35.9 Å². The van der Waals surface area contributed by atoms with Crippen LogP contribution in [0.5, 0.6) is 0 Å². The maximum Gasteiger partial charge on any atom is 0.267 e. The molecule has 204 valence electrons. The second-order valence-corrected chi connectivity index (χ2v) is 10.5. The molecule has 0 saturated carbocycles. The molecule has 3 unspecified atom stereocenters. The Kier molecular flexibility index (Phi) is 8.11. The van der Waals surface area contributed by atoms with Gasteiger partial charge in [-0.1, -0.05) is 17.7 Å². The van der Waals surface area contributed by atoms with Crippen molar-refractivity contribution in [2.45, 2.75) is 63.9 Å². The van der Waals surface area contributed by atoms with Crippen molar-refractivity contribution in [2.24, 2.45) is 5.73 Å². The number of rotatable bonds is 6. The van der Waals surface area contributed by atoms with Gasteiger partial charge in [0.05, 0.1) is 30.7 Å². The Morgan fingerprint density at radius 2 is 1.97 bits per heavy atom. The van der Waals surface area contributed by atoms with Crippen LogP contribution in [0.2, 0.25) is 5.02 Å². The Bertz CT molecular complexity index is 1430. The van der Waals surface area contributed by atoms with Gasteiger partial charge in [-0.05, 0) is 73.6 Å². The van der Waals surface area contributed by atoms with Crippen molar-refractivity contribution < 1.29 is 19.1 Å². The standard InChI is InChI=1S/C29H31ClN4O5/c1-17-10-18-5-6-20(30)11-23(18)24-13-27(35)34(15-19(24)16-39-17)26(12-22-4-2-3-9-38-22)29(37)33-21-7-8-25(28(31)36)32-14-21/h5-8,11,13-15,17,22,26H,2-4,9-10,12,16H2,1H3,(H2,31,36)(H,33,37). The van der Waals surface area contributed by atoms with E-state index < -0.39 is 11.9 Å². The van der Waals surface area contributed by atoms with E-state index in [4.69, 9.17) is 26.8 Å². The number of benzene rings is 1. The molecule has 1 saturated heterocycles. The topological polar surface area (TPSA) is 126 Å². The second kappa shape index (κ2) is 11.7. The van der Waals surface area contributed by atoms with E-state index in [1.54, 1.807) is 18.3 Å². The fourth-order valence-corrected chi connectivity index (χ4v) is 5.38. The molecule has 1 aromatic carbocycles. The van der Waals surface area contributed by atoms with Crippen LogP contribution in [0.25, 0.3) is 11.1 Å². The number of anilines is 1. The predicted molar refractivity (Wildman–Crippen MR) is 148 cm³/mol. The number of carbonyl (C=O) groups excluding carboxylic acids is 2. The highest BCUT2D eigenvalue weighted by molar-refractivity contribution is 6.30. The second-order valence-electron chi connectivity index (χ2n) is 10.1. The summed E-state index contributed by atoms with van der Waals surface area (Å²) in [4.78, 5) is 42.6. The number of ether oxygens (including phenoxy) is 2. The number of carbonyl (C=O) groups is 2. The van der Waals surface area contributed by atoms with Gasteiger partial charge in [0.15, 0.2) is 0 Å². The zero-order chi connectivity index (χ0) is 27.5. The van der Waals surface area contributed by atoms with E-state index in [1.165, 1.54) is 16.8 Å². The highest BCUT2D eigenvalue weighted by atomic mass is 35.5. The van der Waals surface area contributed by atoms with Crippen molar-refractivity contribution in [1.29, 1.82) is 0 Å². The Morgan fingerprint density at radius 3 is 2.69 bits per heavy atom. The fourth-order valence-electron chi connectivity index (χ4n) is 5.21. The van der Waals surface area contributed by atoms with E-state index in [1.807, 2.05) is 25.1 Å². The summed E-state index contributed by atoms with van der Waals surface area (Å²) in [5.41, 5.74) is 8.92. The van der Waals surface area contributed by atoms with E-state index >= 15 is 0 Å². The Morgan fingerprint density at radius 1 is 1.15 bits per heavy atom. The lowest BCUT2D eigenvalue weighted by Gasteiger charge is -2.29. The van der Waals surface area contributed by atoms with Gasteiger partial charge in [0.1, 0.15) is 11.7 Å². The number of hydrogen-bond donors (Lipinski definition) is 2. The molecule has 3 N–H and O–H groups in total. The van der Waals surface area contributed by atoms with Gasteiger partial charge in [-0.15, -0.1) is 0 Å². The van der Waals surface area contributed by atoms with Crippen LogP contribution in [0, 0.1) is 0 Å². The molecule has 4 heterocycles. The van der Waals surface area contributed by atoms with Crippen LogP contribution in [0.4, 0.5) is 5.69 Å². The molecule has 2 amide bonds. The van der Waals surface area contributed by atoms with E-state index in [0.29, 0.717) is 30.2 Å². The quantitative estimate of drug-likeness (QED) is 0.472. The monoisotopic (exact) mass is 550 g/mol. The van der Waals surface area contributed by atoms with Crippen LogP contribution < -0.4 is 16.6 Å². The normalized spacial score (nSPS) is 19.6. The molecular weight excluding hydrogens is 520 g/mol. The van der Waals surface area contributed by atoms with E-state index in [-0.39, 0.29) is 36.0 Å². The summed E-state index contributed by atoms with van der Waals surface area (Å²) in [5.74, 6) is -1.05. The Hall–Kier alpha value is -3.53. The summed E-state index contributed by atoms with van der Waals surface area (Å²) < 4.78 is 13.5. The molecule has 39 heavy (non-hydrogen) atoms. The molecule has 0 bridgehead atoms. The first-order chi connectivity index (χ1) is 18.8. The minimum atomic E-state index is -0.844. The number of halogens is 1.